The molecule has 0 heterocycles. The summed E-state index contributed by atoms with van der Waals surface area (Å²) < 4.78 is 6.24. The molecular formula is C24H23BrN2O3. The van der Waals surface area contributed by atoms with Crippen LogP contribution in [-0.4, -0.2) is 18.9 Å². The zero-order valence-electron chi connectivity index (χ0n) is 16.8. The number of hydrogen-bond acceptors (Lipinski definition) is 4. The molecule has 1 amide bonds. The summed E-state index contributed by atoms with van der Waals surface area (Å²) in [6, 6.07) is 22.3. The topological polar surface area (TPSA) is 72.6 Å². The Labute approximate surface area is 184 Å². The van der Waals surface area contributed by atoms with E-state index in [1.54, 1.807) is 36.4 Å². The third-order valence-corrected chi connectivity index (χ3v) is 5.27. The van der Waals surface area contributed by atoms with E-state index in [4.69, 9.17) is 10.5 Å². The quantitative estimate of drug-likeness (QED) is 0.508. The average molecular weight is 467 g/mol. The summed E-state index contributed by atoms with van der Waals surface area (Å²) in [5, 5.41) is 0. The van der Waals surface area contributed by atoms with Crippen molar-refractivity contribution in [2.24, 2.45) is 5.73 Å². The maximum Gasteiger partial charge on any atom is 0.339 e. The Morgan fingerprint density at radius 2 is 1.57 bits per heavy atom. The van der Waals surface area contributed by atoms with Crippen LogP contribution in [0.1, 0.15) is 33.2 Å². The standard InChI is InChI=1S/C24H23BrN2O3/c1-16-3-5-17(6-4-16)15-27(2)21-13-9-19(10-14-21)24(29)30-22(23(26)28)18-7-11-20(25)12-8-18/h3-14,22H,15H2,1-2H3,(H2,26,28). The van der Waals surface area contributed by atoms with Gasteiger partial charge in [0.1, 0.15) is 0 Å². The van der Waals surface area contributed by atoms with Crippen LogP contribution in [0.3, 0.4) is 0 Å². The van der Waals surface area contributed by atoms with Crippen LogP contribution in [0.25, 0.3) is 0 Å². The first-order valence-corrected chi connectivity index (χ1v) is 10.3. The molecule has 0 aromatic heterocycles. The molecule has 3 aromatic carbocycles. The number of carbonyl (C=O) groups excluding carboxylic acids is 2. The summed E-state index contributed by atoms with van der Waals surface area (Å²) in [4.78, 5) is 26.5. The molecule has 6 heteroatoms. The van der Waals surface area contributed by atoms with Crippen LogP contribution in [0.2, 0.25) is 0 Å². The largest absolute Gasteiger partial charge is 0.444 e. The number of nitrogens with two attached hydrogens (primary N) is 1. The van der Waals surface area contributed by atoms with Gasteiger partial charge in [-0.3, -0.25) is 4.79 Å². The molecule has 0 saturated carbocycles. The Kier molecular flexibility index (Phi) is 6.90. The van der Waals surface area contributed by atoms with E-state index in [9.17, 15) is 9.59 Å². The van der Waals surface area contributed by atoms with Gasteiger partial charge in [-0.2, -0.15) is 0 Å². The number of carbonyl (C=O) groups is 2. The average Bonchev–Trinajstić information content (AvgIpc) is 2.74. The number of halogens is 1. The van der Waals surface area contributed by atoms with Gasteiger partial charge >= 0.3 is 5.97 Å². The van der Waals surface area contributed by atoms with Crippen molar-refractivity contribution in [1.82, 2.24) is 0 Å². The SMILES string of the molecule is Cc1ccc(CN(C)c2ccc(C(=O)OC(C(N)=O)c3ccc(Br)cc3)cc2)cc1. The molecule has 0 spiro atoms. The summed E-state index contributed by atoms with van der Waals surface area (Å²) in [5.74, 6) is -1.32. The number of esters is 1. The molecule has 154 valence electrons. The zero-order chi connectivity index (χ0) is 21.7. The maximum absolute atomic E-state index is 12.6. The highest BCUT2D eigenvalue weighted by Crippen LogP contribution is 2.23. The Balaban J connectivity index is 1.68. The van der Waals surface area contributed by atoms with Crippen molar-refractivity contribution in [3.05, 3.63) is 99.5 Å². The van der Waals surface area contributed by atoms with Crippen molar-refractivity contribution in [2.45, 2.75) is 19.6 Å². The predicted octanol–water partition coefficient (Wildman–Crippen LogP) is 4.78. The van der Waals surface area contributed by atoms with Gasteiger partial charge in [0.25, 0.3) is 5.91 Å². The van der Waals surface area contributed by atoms with E-state index in [1.807, 2.05) is 19.2 Å². The molecule has 0 bridgehead atoms. The van der Waals surface area contributed by atoms with Gasteiger partial charge in [0.05, 0.1) is 5.56 Å². The van der Waals surface area contributed by atoms with Gasteiger partial charge in [-0.15, -0.1) is 0 Å². The van der Waals surface area contributed by atoms with Crippen molar-refractivity contribution in [2.75, 3.05) is 11.9 Å². The first-order chi connectivity index (χ1) is 14.3. The van der Waals surface area contributed by atoms with Crippen LogP contribution in [-0.2, 0) is 16.1 Å². The smallest absolute Gasteiger partial charge is 0.339 e. The number of aryl methyl sites for hydroxylation is 1. The van der Waals surface area contributed by atoms with Crippen molar-refractivity contribution in [3.63, 3.8) is 0 Å². The minimum absolute atomic E-state index is 0.353. The summed E-state index contributed by atoms with van der Waals surface area (Å²) >= 11 is 3.33. The number of benzene rings is 3. The Hall–Kier alpha value is -3.12. The summed E-state index contributed by atoms with van der Waals surface area (Å²) in [6.07, 6.45) is -1.14. The highest BCUT2D eigenvalue weighted by Gasteiger charge is 2.23. The van der Waals surface area contributed by atoms with Crippen LogP contribution < -0.4 is 10.6 Å². The molecule has 30 heavy (non-hydrogen) atoms. The lowest BCUT2D eigenvalue weighted by Gasteiger charge is -2.20. The van der Waals surface area contributed by atoms with Crippen molar-refractivity contribution in [3.8, 4) is 0 Å². The molecule has 5 nitrogen and oxygen atoms in total. The van der Waals surface area contributed by atoms with Gasteiger partial charge < -0.3 is 15.4 Å². The number of hydrogen-bond donors (Lipinski definition) is 1. The Morgan fingerprint density at radius 1 is 0.967 bits per heavy atom. The van der Waals surface area contributed by atoms with Crippen molar-refractivity contribution < 1.29 is 14.3 Å². The van der Waals surface area contributed by atoms with Crippen LogP contribution in [0, 0.1) is 6.92 Å². The second-order valence-electron chi connectivity index (χ2n) is 7.13. The van der Waals surface area contributed by atoms with E-state index in [0.717, 1.165) is 16.7 Å². The predicted molar refractivity (Wildman–Crippen MR) is 121 cm³/mol. The third-order valence-electron chi connectivity index (χ3n) is 4.74. The molecule has 3 rings (SSSR count). The van der Waals surface area contributed by atoms with Gasteiger partial charge in [0.2, 0.25) is 6.10 Å². The van der Waals surface area contributed by atoms with Crippen molar-refractivity contribution >= 4 is 33.5 Å². The fourth-order valence-electron chi connectivity index (χ4n) is 3.01. The maximum atomic E-state index is 12.6. The van der Waals surface area contributed by atoms with Crippen LogP contribution in [0.15, 0.2) is 77.3 Å². The molecule has 3 aromatic rings. The molecule has 1 unspecified atom stereocenters. The minimum atomic E-state index is -1.14. The van der Waals surface area contributed by atoms with Crippen LogP contribution >= 0.6 is 15.9 Å². The number of primary amides is 1. The Bertz CT molecular complexity index is 1020. The van der Waals surface area contributed by atoms with Gasteiger partial charge in [0, 0.05) is 29.3 Å². The monoisotopic (exact) mass is 466 g/mol. The van der Waals surface area contributed by atoms with Gasteiger partial charge in [0.15, 0.2) is 0 Å². The fourth-order valence-corrected chi connectivity index (χ4v) is 3.28. The van der Waals surface area contributed by atoms with E-state index in [0.29, 0.717) is 11.1 Å². The molecule has 0 fully saturated rings. The molecule has 0 aliphatic heterocycles. The van der Waals surface area contributed by atoms with E-state index < -0.39 is 18.0 Å². The first-order valence-electron chi connectivity index (χ1n) is 9.46. The van der Waals surface area contributed by atoms with E-state index in [2.05, 4.69) is 52.0 Å². The molecule has 2 N–H and O–H groups in total. The number of rotatable bonds is 7. The van der Waals surface area contributed by atoms with Crippen LogP contribution in [0.4, 0.5) is 5.69 Å². The Morgan fingerprint density at radius 3 is 2.13 bits per heavy atom. The summed E-state index contributed by atoms with van der Waals surface area (Å²) in [7, 11) is 1.99. The van der Waals surface area contributed by atoms with Gasteiger partial charge in [-0.25, -0.2) is 4.79 Å². The minimum Gasteiger partial charge on any atom is -0.444 e. The summed E-state index contributed by atoms with van der Waals surface area (Å²) in [6.45, 7) is 2.81. The lowest BCUT2D eigenvalue weighted by atomic mass is 10.1. The van der Waals surface area contributed by atoms with Gasteiger partial charge in [-0.05, 0) is 48.9 Å². The molecule has 0 saturated heterocycles. The fraction of sp³-hybridized carbons (Fsp3) is 0.167. The van der Waals surface area contributed by atoms with E-state index >= 15 is 0 Å². The lowest BCUT2D eigenvalue weighted by Crippen LogP contribution is -2.26. The molecule has 0 aliphatic rings. The summed E-state index contributed by atoms with van der Waals surface area (Å²) in [5.41, 5.74) is 9.71. The normalized spacial score (nSPS) is 11.6. The van der Waals surface area contributed by atoms with Crippen LogP contribution in [0.5, 0.6) is 0 Å². The first kappa shape index (κ1) is 21.6. The van der Waals surface area contributed by atoms with Crippen molar-refractivity contribution in [1.29, 1.82) is 0 Å². The molecule has 0 aliphatic carbocycles. The van der Waals surface area contributed by atoms with E-state index in [1.165, 1.54) is 11.1 Å². The third kappa shape index (κ3) is 5.48. The lowest BCUT2D eigenvalue weighted by molar-refractivity contribution is -0.127. The molecular weight excluding hydrogens is 444 g/mol. The second-order valence-corrected chi connectivity index (χ2v) is 8.04. The second kappa shape index (κ2) is 9.59. The number of amides is 1. The highest BCUT2D eigenvalue weighted by atomic mass is 79.9. The number of ether oxygens (including phenoxy) is 1. The van der Waals surface area contributed by atoms with E-state index in [-0.39, 0.29) is 0 Å². The molecule has 0 radical (unpaired) electrons. The number of nitrogens with zero attached hydrogens (tertiary/aromatic N) is 1. The highest BCUT2D eigenvalue weighted by molar-refractivity contribution is 9.10. The number of anilines is 1. The zero-order valence-corrected chi connectivity index (χ0v) is 18.4. The molecule has 1 atom stereocenters. The van der Waals surface area contributed by atoms with Gasteiger partial charge in [-0.1, -0.05) is 57.9 Å².